The average Bonchev–Trinajstić information content (AvgIpc) is 2.34. The molecule has 0 atom stereocenters. The Morgan fingerprint density at radius 2 is 1.94 bits per heavy atom. The normalized spacial score (nSPS) is 24.8. The van der Waals surface area contributed by atoms with Crippen molar-refractivity contribution < 1.29 is 0 Å². The van der Waals surface area contributed by atoms with Gasteiger partial charge in [0, 0.05) is 15.8 Å². The van der Waals surface area contributed by atoms with Crippen LogP contribution >= 0.6 is 11.8 Å². The summed E-state index contributed by atoms with van der Waals surface area (Å²) in [6.07, 6.45) is 6.87. The minimum absolute atomic E-state index is 0.780. The number of hydrogen-bond donors (Lipinski definition) is 1. The van der Waals surface area contributed by atoms with Crippen LogP contribution in [0.15, 0.2) is 23.1 Å². The standard InChI is InChI=1S/C15H23NS/c1-3-12-5-7-13(8-6-12)17-15-9-4-11(2)10-14(15)16/h4,9-10,12-13H,3,5-8,16H2,1-2H3. The van der Waals surface area contributed by atoms with E-state index in [2.05, 4.69) is 32.0 Å². The van der Waals surface area contributed by atoms with E-state index in [1.165, 1.54) is 42.6 Å². The van der Waals surface area contributed by atoms with E-state index in [0.29, 0.717) is 0 Å². The molecule has 1 nitrogen and oxygen atoms in total. The van der Waals surface area contributed by atoms with Gasteiger partial charge in [0.2, 0.25) is 0 Å². The fourth-order valence-electron chi connectivity index (χ4n) is 2.61. The first-order valence-corrected chi connectivity index (χ1v) is 7.59. The molecular weight excluding hydrogens is 226 g/mol. The topological polar surface area (TPSA) is 26.0 Å². The Hall–Kier alpha value is -0.630. The smallest absolute Gasteiger partial charge is 0.0454 e. The molecule has 1 aromatic rings. The lowest BCUT2D eigenvalue weighted by molar-refractivity contribution is 0.356. The lowest BCUT2D eigenvalue weighted by atomic mass is 9.87. The predicted molar refractivity (Wildman–Crippen MR) is 77.5 cm³/mol. The van der Waals surface area contributed by atoms with Crippen LogP contribution in [0.3, 0.4) is 0 Å². The number of benzene rings is 1. The largest absolute Gasteiger partial charge is 0.398 e. The van der Waals surface area contributed by atoms with Crippen LogP contribution in [0.25, 0.3) is 0 Å². The van der Waals surface area contributed by atoms with Gasteiger partial charge in [0.05, 0.1) is 0 Å². The molecule has 0 aliphatic heterocycles. The molecule has 1 aliphatic carbocycles. The van der Waals surface area contributed by atoms with Gasteiger partial charge >= 0.3 is 0 Å². The highest BCUT2D eigenvalue weighted by molar-refractivity contribution is 8.00. The molecule has 0 heterocycles. The number of nitrogens with two attached hydrogens (primary N) is 1. The molecule has 2 rings (SSSR count). The van der Waals surface area contributed by atoms with E-state index in [9.17, 15) is 0 Å². The summed E-state index contributed by atoms with van der Waals surface area (Å²) in [4.78, 5) is 1.27. The highest BCUT2D eigenvalue weighted by Crippen LogP contribution is 2.38. The molecule has 94 valence electrons. The fourth-order valence-corrected chi connectivity index (χ4v) is 3.82. The molecule has 2 N–H and O–H groups in total. The molecule has 1 fully saturated rings. The molecule has 17 heavy (non-hydrogen) atoms. The van der Waals surface area contributed by atoms with Crippen molar-refractivity contribution in [3.8, 4) is 0 Å². The lowest BCUT2D eigenvalue weighted by Crippen LogP contribution is -2.15. The van der Waals surface area contributed by atoms with Crippen molar-refractivity contribution in [1.82, 2.24) is 0 Å². The molecule has 0 radical (unpaired) electrons. The zero-order valence-electron chi connectivity index (χ0n) is 10.9. The summed E-state index contributed by atoms with van der Waals surface area (Å²) in [6, 6.07) is 6.43. The molecule has 1 saturated carbocycles. The van der Waals surface area contributed by atoms with Crippen LogP contribution in [0.4, 0.5) is 5.69 Å². The summed E-state index contributed by atoms with van der Waals surface area (Å²) in [5, 5.41) is 0.780. The number of hydrogen-bond acceptors (Lipinski definition) is 2. The molecule has 0 aromatic heterocycles. The van der Waals surface area contributed by atoms with E-state index in [1.54, 1.807) is 0 Å². The van der Waals surface area contributed by atoms with E-state index in [1.807, 2.05) is 11.8 Å². The summed E-state index contributed by atoms with van der Waals surface area (Å²) in [5.41, 5.74) is 8.27. The van der Waals surface area contributed by atoms with Crippen molar-refractivity contribution in [2.45, 2.75) is 56.1 Å². The maximum atomic E-state index is 6.07. The second-order valence-corrected chi connectivity index (χ2v) is 6.55. The third-order valence-corrected chi connectivity index (χ3v) is 5.26. The zero-order chi connectivity index (χ0) is 12.3. The molecule has 0 amide bonds. The Balaban J connectivity index is 1.93. The molecule has 2 heteroatoms. The van der Waals surface area contributed by atoms with Crippen LogP contribution < -0.4 is 5.73 Å². The van der Waals surface area contributed by atoms with Gasteiger partial charge in [0.15, 0.2) is 0 Å². The molecule has 0 spiro atoms. The summed E-state index contributed by atoms with van der Waals surface area (Å²) in [5.74, 6) is 0.974. The Labute approximate surface area is 109 Å². The van der Waals surface area contributed by atoms with Crippen molar-refractivity contribution in [3.05, 3.63) is 23.8 Å². The zero-order valence-corrected chi connectivity index (χ0v) is 11.7. The van der Waals surface area contributed by atoms with Crippen molar-refractivity contribution >= 4 is 17.4 Å². The third-order valence-electron chi connectivity index (χ3n) is 3.83. The van der Waals surface area contributed by atoms with E-state index in [-0.39, 0.29) is 0 Å². The Kier molecular flexibility index (Phi) is 4.38. The summed E-state index contributed by atoms with van der Waals surface area (Å²) >= 11 is 1.99. The van der Waals surface area contributed by atoms with Crippen LogP contribution in [-0.4, -0.2) is 5.25 Å². The Morgan fingerprint density at radius 3 is 2.53 bits per heavy atom. The van der Waals surface area contributed by atoms with Crippen molar-refractivity contribution in [2.24, 2.45) is 5.92 Å². The van der Waals surface area contributed by atoms with Crippen molar-refractivity contribution in [3.63, 3.8) is 0 Å². The minimum atomic E-state index is 0.780. The van der Waals surface area contributed by atoms with Gasteiger partial charge in [-0.25, -0.2) is 0 Å². The first-order valence-electron chi connectivity index (χ1n) is 6.71. The van der Waals surface area contributed by atoms with Gasteiger partial charge in [-0.3, -0.25) is 0 Å². The average molecular weight is 249 g/mol. The Bertz CT molecular complexity index is 367. The van der Waals surface area contributed by atoms with Crippen molar-refractivity contribution in [2.75, 3.05) is 5.73 Å². The van der Waals surface area contributed by atoms with E-state index >= 15 is 0 Å². The number of thioether (sulfide) groups is 1. The van der Waals surface area contributed by atoms with Gasteiger partial charge in [-0.05, 0) is 56.2 Å². The second kappa shape index (κ2) is 5.81. The third kappa shape index (κ3) is 3.41. The molecule has 0 bridgehead atoms. The van der Waals surface area contributed by atoms with Gasteiger partial charge in [0.1, 0.15) is 0 Å². The number of rotatable bonds is 3. The van der Waals surface area contributed by atoms with Crippen LogP contribution in [0.5, 0.6) is 0 Å². The van der Waals surface area contributed by atoms with Crippen LogP contribution in [0.2, 0.25) is 0 Å². The van der Waals surface area contributed by atoms with Crippen LogP contribution in [0.1, 0.15) is 44.6 Å². The van der Waals surface area contributed by atoms with Crippen LogP contribution in [0, 0.1) is 12.8 Å². The fraction of sp³-hybridized carbons (Fsp3) is 0.600. The Morgan fingerprint density at radius 1 is 1.24 bits per heavy atom. The first-order chi connectivity index (χ1) is 8.19. The monoisotopic (exact) mass is 249 g/mol. The lowest BCUT2D eigenvalue weighted by Gasteiger charge is -2.27. The van der Waals surface area contributed by atoms with Gasteiger partial charge in [-0.2, -0.15) is 0 Å². The molecule has 1 aromatic carbocycles. The molecule has 0 unspecified atom stereocenters. The van der Waals surface area contributed by atoms with Gasteiger partial charge in [-0.1, -0.05) is 19.4 Å². The highest BCUT2D eigenvalue weighted by atomic mass is 32.2. The first kappa shape index (κ1) is 12.8. The number of aryl methyl sites for hydroxylation is 1. The van der Waals surface area contributed by atoms with E-state index in [4.69, 9.17) is 5.73 Å². The summed E-state index contributed by atoms with van der Waals surface area (Å²) in [7, 11) is 0. The van der Waals surface area contributed by atoms with Crippen LogP contribution in [-0.2, 0) is 0 Å². The second-order valence-electron chi connectivity index (χ2n) is 5.21. The SMILES string of the molecule is CCC1CCC(Sc2ccc(C)cc2N)CC1. The van der Waals surface area contributed by atoms with E-state index in [0.717, 1.165) is 16.9 Å². The van der Waals surface area contributed by atoms with Gasteiger partial charge in [0.25, 0.3) is 0 Å². The maximum Gasteiger partial charge on any atom is 0.0454 e. The van der Waals surface area contributed by atoms with Crippen molar-refractivity contribution in [1.29, 1.82) is 0 Å². The maximum absolute atomic E-state index is 6.07. The predicted octanol–water partition coefficient (Wildman–Crippen LogP) is 4.64. The molecule has 0 saturated heterocycles. The van der Waals surface area contributed by atoms with E-state index < -0.39 is 0 Å². The van der Waals surface area contributed by atoms with Gasteiger partial charge in [-0.15, -0.1) is 11.8 Å². The quantitative estimate of drug-likeness (QED) is 0.790. The molecular formula is C15H23NS. The molecule has 1 aliphatic rings. The summed E-state index contributed by atoms with van der Waals surface area (Å²) in [6.45, 7) is 4.41. The number of anilines is 1. The van der Waals surface area contributed by atoms with Gasteiger partial charge < -0.3 is 5.73 Å². The summed E-state index contributed by atoms with van der Waals surface area (Å²) < 4.78 is 0. The highest BCUT2D eigenvalue weighted by Gasteiger charge is 2.21. The number of nitrogen functional groups attached to an aromatic ring is 1. The minimum Gasteiger partial charge on any atom is -0.398 e.